The Hall–Kier alpha value is -1.77. The van der Waals surface area contributed by atoms with Gasteiger partial charge in [0.2, 0.25) is 0 Å². The number of aromatic nitrogens is 3. The third-order valence-corrected chi connectivity index (χ3v) is 6.52. The molecule has 2 unspecified atom stereocenters. The molecule has 1 saturated heterocycles. The number of rotatable bonds is 6. The molecule has 8 heteroatoms. The van der Waals surface area contributed by atoms with E-state index in [-0.39, 0.29) is 11.7 Å². The Balaban J connectivity index is 1.65. The Morgan fingerprint density at radius 3 is 2.74 bits per heavy atom. The van der Waals surface area contributed by atoms with Crippen LogP contribution in [0.25, 0.3) is 10.7 Å². The Morgan fingerprint density at radius 1 is 1.26 bits per heavy atom. The molecule has 142 valence electrons. The standard InChI is InChI=1S/C19H19F2N3OS2/c1-12(17-14(20)6-2-7-15(17)21)27-19-23-22-18(16-8-4-10-26-16)24(19)11-13-5-3-9-25-13/h2,4,6-8,10,12-13H,3,5,9,11H2,1H3. The number of benzene rings is 1. The van der Waals surface area contributed by atoms with Crippen molar-refractivity contribution in [3.63, 3.8) is 0 Å². The molecule has 1 aliphatic rings. The molecular weight excluding hydrogens is 388 g/mol. The van der Waals surface area contributed by atoms with Crippen molar-refractivity contribution in [3.05, 3.63) is 52.9 Å². The molecule has 2 atom stereocenters. The van der Waals surface area contributed by atoms with E-state index in [1.54, 1.807) is 18.3 Å². The van der Waals surface area contributed by atoms with Crippen LogP contribution in [0.3, 0.4) is 0 Å². The van der Waals surface area contributed by atoms with E-state index in [0.29, 0.717) is 11.7 Å². The van der Waals surface area contributed by atoms with E-state index < -0.39 is 16.9 Å². The first-order valence-corrected chi connectivity index (χ1v) is 10.6. The van der Waals surface area contributed by atoms with Gasteiger partial charge in [0, 0.05) is 17.4 Å². The Labute approximate surface area is 164 Å². The summed E-state index contributed by atoms with van der Waals surface area (Å²) in [6, 6.07) is 7.90. The largest absolute Gasteiger partial charge is 0.376 e. The summed E-state index contributed by atoms with van der Waals surface area (Å²) in [4.78, 5) is 1.01. The number of thiophene rings is 1. The number of nitrogens with zero attached hydrogens (tertiary/aromatic N) is 3. The summed E-state index contributed by atoms with van der Waals surface area (Å²) in [5.41, 5.74) is 0.0619. The van der Waals surface area contributed by atoms with Gasteiger partial charge in [0.1, 0.15) is 11.6 Å². The highest BCUT2D eigenvalue weighted by molar-refractivity contribution is 7.99. The van der Waals surface area contributed by atoms with Crippen LogP contribution >= 0.6 is 23.1 Å². The number of halogens is 2. The van der Waals surface area contributed by atoms with Gasteiger partial charge < -0.3 is 4.74 Å². The van der Waals surface area contributed by atoms with Crippen LogP contribution in [-0.2, 0) is 11.3 Å². The summed E-state index contributed by atoms with van der Waals surface area (Å²) in [5.74, 6) is -0.318. The lowest BCUT2D eigenvalue weighted by Gasteiger charge is -2.17. The third-order valence-electron chi connectivity index (χ3n) is 4.56. The van der Waals surface area contributed by atoms with Gasteiger partial charge in [-0.2, -0.15) is 0 Å². The quantitative estimate of drug-likeness (QED) is 0.519. The lowest BCUT2D eigenvalue weighted by atomic mass is 10.1. The van der Waals surface area contributed by atoms with Crippen molar-refractivity contribution >= 4 is 23.1 Å². The molecule has 4 nitrogen and oxygen atoms in total. The van der Waals surface area contributed by atoms with E-state index in [1.807, 2.05) is 22.1 Å². The van der Waals surface area contributed by atoms with Gasteiger partial charge in [-0.3, -0.25) is 4.57 Å². The van der Waals surface area contributed by atoms with Gasteiger partial charge >= 0.3 is 0 Å². The van der Waals surface area contributed by atoms with E-state index in [2.05, 4.69) is 10.2 Å². The minimum Gasteiger partial charge on any atom is -0.376 e. The highest BCUT2D eigenvalue weighted by atomic mass is 32.2. The van der Waals surface area contributed by atoms with Crippen molar-refractivity contribution in [1.82, 2.24) is 14.8 Å². The van der Waals surface area contributed by atoms with Gasteiger partial charge in [0.15, 0.2) is 11.0 Å². The zero-order valence-electron chi connectivity index (χ0n) is 14.8. The summed E-state index contributed by atoms with van der Waals surface area (Å²) in [7, 11) is 0. The van der Waals surface area contributed by atoms with Gasteiger partial charge in [-0.25, -0.2) is 8.78 Å². The summed E-state index contributed by atoms with van der Waals surface area (Å²) in [6.45, 7) is 3.18. The number of hydrogen-bond acceptors (Lipinski definition) is 5. The molecule has 3 heterocycles. The van der Waals surface area contributed by atoms with Crippen molar-refractivity contribution in [2.24, 2.45) is 0 Å². The van der Waals surface area contributed by atoms with E-state index >= 15 is 0 Å². The molecule has 27 heavy (non-hydrogen) atoms. The van der Waals surface area contributed by atoms with Gasteiger partial charge in [-0.15, -0.1) is 21.5 Å². The first-order chi connectivity index (χ1) is 13.1. The molecular formula is C19H19F2N3OS2. The number of hydrogen-bond donors (Lipinski definition) is 0. The Morgan fingerprint density at radius 2 is 2.07 bits per heavy atom. The molecule has 0 N–H and O–H groups in total. The summed E-state index contributed by atoms with van der Waals surface area (Å²) in [5, 5.41) is 10.9. The van der Waals surface area contributed by atoms with E-state index in [0.717, 1.165) is 30.2 Å². The van der Waals surface area contributed by atoms with Gasteiger partial charge in [0.25, 0.3) is 0 Å². The van der Waals surface area contributed by atoms with Crippen molar-refractivity contribution in [3.8, 4) is 10.7 Å². The van der Waals surface area contributed by atoms with Crippen LogP contribution in [0.4, 0.5) is 8.78 Å². The van der Waals surface area contributed by atoms with Crippen molar-refractivity contribution in [2.75, 3.05) is 6.61 Å². The fourth-order valence-corrected chi connectivity index (χ4v) is 4.99. The molecule has 0 bridgehead atoms. The Kier molecular flexibility index (Phi) is 5.56. The van der Waals surface area contributed by atoms with Crippen LogP contribution in [0.15, 0.2) is 40.9 Å². The highest BCUT2D eigenvalue weighted by Gasteiger charge is 2.25. The summed E-state index contributed by atoms with van der Waals surface area (Å²) >= 11 is 2.90. The summed E-state index contributed by atoms with van der Waals surface area (Å²) in [6.07, 6.45) is 2.14. The van der Waals surface area contributed by atoms with Crippen LogP contribution in [0.1, 0.15) is 30.6 Å². The predicted octanol–water partition coefficient (Wildman–Crippen LogP) is 5.32. The SMILES string of the molecule is CC(Sc1nnc(-c2cccs2)n1CC1CCCO1)c1c(F)cccc1F. The second-order valence-corrected chi connectivity index (χ2v) is 8.68. The van der Waals surface area contributed by atoms with Crippen LogP contribution in [0.5, 0.6) is 0 Å². The molecule has 4 rings (SSSR count). The fourth-order valence-electron chi connectivity index (χ4n) is 3.24. The smallest absolute Gasteiger partial charge is 0.192 e. The molecule has 1 aliphatic heterocycles. The zero-order valence-corrected chi connectivity index (χ0v) is 16.4. The monoisotopic (exact) mass is 407 g/mol. The minimum atomic E-state index is -0.543. The maximum atomic E-state index is 14.1. The first-order valence-electron chi connectivity index (χ1n) is 8.82. The summed E-state index contributed by atoms with van der Waals surface area (Å²) < 4.78 is 36.1. The predicted molar refractivity (Wildman–Crippen MR) is 103 cm³/mol. The normalized spacial score (nSPS) is 18.1. The minimum absolute atomic E-state index is 0.0619. The second-order valence-electron chi connectivity index (χ2n) is 6.42. The number of ether oxygens (including phenoxy) is 1. The fraction of sp³-hybridized carbons (Fsp3) is 0.368. The average molecular weight is 408 g/mol. The van der Waals surface area contributed by atoms with Crippen molar-refractivity contribution < 1.29 is 13.5 Å². The Bertz CT molecular complexity index is 888. The van der Waals surface area contributed by atoms with Gasteiger partial charge in [-0.1, -0.05) is 23.9 Å². The van der Waals surface area contributed by atoms with Gasteiger partial charge in [-0.05, 0) is 43.3 Å². The topological polar surface area (TPSA) is 39.9 Å². The molecule has 2 aromatic heterocycles. The molecule has 0 radical (unpaired) electrons. The zero-order chi connectivity index (χ0) is 18.8. The number of thioether (sulfide) groups is 1. The van der Waals surface area contributed by atoms with Crippen molar-refractivity contribution in [1.29, 1.82) is 0 Å². The first kappa shape index (κ1) is 18.6. The lowest BCUT2D eigenvalue weighted by molar-refractivity contribution is 0.0953. The maximum Gasteiger partial charge on any atom is 0.192 e. The molecule has 3 aromatic rings. The maximum absolute atomic E-state index is 14.1. The van der Waals surface area contributed by atoms with Crippen LogP contribution < -0.4 is 0 Å². The molecule has 0 aliphatic carbocycles. The second kappa shape index (κ2) is 8.08. The highest BCUT2D eigenvalue weighted by Crippen LogP contribution is 2.38. The van der Waals surface area contributed by atoms with Crippen LogP contribution in [-0.4, -0.2) is 27.5 Å². The van der Waals surface area contributed by atoms with Crippen molar-refractivity contribution in [2.45, 2.75) is 42.8 Å². The molecule has 0 spiro atoms. The van der Waals surface area contributed by atoms with E-state index in [9.17, 15) is 8.78 Å². The molecule has 1 aromatic carbocycles. The van der Waals surface area contributed by atoms with Crippen LogP contribution in [0, 0.1) is 11.6 Å². The van der Waals surface area contributed by atoms with E-state index in [1.165, 1.54) is 30.0 Å². The third kappa shape index (κ3) is 3.93. The van der Waals surface area contributed by atoms with Crippen LogP contribution in [0.2, 0.25) is 0 Å². The molecule has 0 saturated carbocycles. The molecule has 1 fully saturated rings. The van der Waals surface area contributed by atoms with E-state index in [4.69, 9.17) is 4.74 Å². The average Bonchev–Trinajstić information content (AvgIpc) is 3.38. The lowest BCUT2D eigenvalue weighted by Crippen LogP contribution is -2.16. The molecule has 0 amide bonds. The van der Waals surface area contributed by atoms with Gasteiger partial charge in [0.05, 0.1) is 17.5 Å².